The number of halogens is 1. The third kappa shape index (κ3) is 8.40. The molecule has 160 valence electrons. The van der Waals surface area contributed by atoms with Crippen molar-refractivity contribution >= 4 is 35.8 Å². The third-order valence-electron chi connectivity index (χ3n) is 4.37. The Hall–Kier alpha value is -2.15. The van der Waals surface area contributed by atoms with Crippen LogP contribution in [0.5, 0.6) is 11.5 Å². The molecule has 1 fully saturated rings. The molecule has 1 aromatic rings. The zero-order valence-electron chi connectivity index (χ0n) is 17.2. The van der Waals surface area contributed by atoms with Gasteiger partial charge in [0.1, 0.15) is 6.61 Å². The van der Waals surface area contributed by atoms with Gasteiger partial charge in [-0.25, -0.2) is 4.99 Å². The van der Waals surface area contributed by atoms with Gasteiger partial charge in [0.15, 0.2) is 17.5 Å². The number of aliphatic imine (C=N–C) groups is 1. The molecule has 0 radical (unpaired) electrons. The lowest BCUT2D eigenvalue weighted by molar-refractivity contribution is -0.127. The van der Waals surface area contributed by atoms with Gasteiger partial charge < -0.3 is 25.0 Å². The molecule has 1 saturated heterocycles. The van der Waals surface area contributed by atoms with Crippen LogP contribution in [0.4, 0.5) is 0 Å². The van der Waals surface area contributed by atoms with Crippen LogP contribution in [0.15, 0.2) is 23.2 Å². The second-order valence-corrected chi connectivity index (χ2v) is 6.44. The number of rotatable bonds is 10. The second kappa shape index (κ2) is 13.9. The number of carbonyl (C=O) groups excluding carboxylic acids is 1. The van der Waals surface area contributed by atoms with E-state index in [-0.39, 0.29) is 36.5 Å². The third-order valence-corrected chi connectivity index (χ3v) is 4.37. The van der Waals surface area contributed by atoms with Crippen LogP contribution in [0.3, 0.4) is 0 Å². The summed E-state index contributed by atoms with van der Waals surface area (Å²) in [6.07, 6.45) is 7.82. The molecule has 2 rings (SSSR count). The Bertz CT molecular complexity index is 718. The van der Waals surface area contributed by atoms with Gasteiger partial charge in [0.25, 0.3) is 0 Å². The summed E-state index contributed by atoms with van der Waals surface area (Å²) in [5.41, 5.74) is 0.993. The lowest BCUT2D eigenvalue weighted by Crippen LogP contribution is -2.39. The molecule has 8 heteroatoms. The van der Waals surface area contributed by atoms with Crippen molar-refractivity contribution in [2.45, 2.75) is 32.7 Å². The first-order valence-electron chi connectivity index (χ1n) is 9.71. The predicted molar refractivity (Wildman–Crippen MR) is 126 cm³/mol. The summed E-state index contributed by atoms with van der Waals surface area (Å²) in [5, 5.41) is 6.56. The van der Waals surface area contributed by atoms with Crippen molar-refractivity contribution in [2.24, 2.45) is 4.99 Å². The molecule has 29 heavy (non-hydrogen) atoms. The van der Waals surface area contributed by atoms with Crippen molar-refractivity contribution in [3.63, 3.8) is 0 Å². The van der Waals surface area contributed by atoms with Gasteiger partial charge >= 0.3 is 0 Å². The first kappa shape index (κ1) is 24.9. The molecule has 0 aliphatic carbocycles. The van der Waals surface area contributed by atoms with E-state index in [4.69, 9.17) is 15.9 Å². The van der Waals surface area contributed by atoms with E-state index in [1.807, 2.05) is 30.0 Å². The smallest absolute Gasteiger partial charge is 0.222 e. The van der Waals surface area contributed by atoms with Crippen molar-refractivity contribution in [3.05, 3.63) is 23.8 Å². The zero-order chi connectivity index (χ0) is 20.2. The lowest BCUT2D eigenvalue weighted by Gasteiger charge is -2.16. The molecule has 0 saturated carbocycles. The van der Waals surface area contributed by atoms with Gasteiger partial charge in [0, 0.05) is 32.6 Å². The average Bonchev–Trinajstić information content (AvgIpc) is 3.12. The van der Waals surface area contributed by atoms with E-state index in [0.29, 0.717) is 24.5 Å². The number of ether oxygens (including phenoxy) is 2. The largest absolute Gasteiger partial charge is 0.493 e. The van der Waals surface area contributed by atoms with Crippen molar-refractivity contribution in [3.8, 4) is 23.8 Å². The van der Waals surface area contributed by atoms with E-state index >= 15 is 0 Å². The molecule has 1 aliphatic rings. The minimum absolute atomic E-state index is 0. The molecule has 1 amide bonds. The summed E-state index contributed by atoms with van der Waals surface area (Å²) in [5.74, 6) is 4.73. The van der Waals surface area contributed by atoms with Gasteiger partial charge in [-0.05, 0) is 37.5 Å². The maximum absolute atomic E-state index is 11.6. The van der Waals surface area contributed by atoms with Gasteiger partial charge in [0.05, 0.1) is 13.7 Å². The number of amides is 1. The number of benzene rings is 1. The van der Waals surface area contributed by atoms with E-state index in [2.05, 4.69) is 21.5 Å². The SMILES string of the molecule is C#CCOc1cc(CN=C(NCC)NCCCN2CCCC2=O)ccc1OC.I. The molecule has 1 aromatic carbocycles. The average molecular weight is 514 g/mol. The van der Waals surface area contributed by atoms with Crippen molar-refractivity contribution in [1.29, 1.82) is 0 Å². The fraction of sp³-hybridized carbons (Fsp3) is 0.524. The van der Waals surface area contributed by atoms with Gasteiger partial charge in [-0.2, -0.15) is 0 Å². The monoisotopic (exact) mass is 514 g/mol. The summed E-state index contributed by atoms with van der Waals surface area (Å²) >= 11 is 0. The Kier molecular flexibility index (Phi) is 12.0. The van der Waals surface area contributed by atoms with Crippen molar-refractivity contribution in [1.82, 2.24) is 15.5 Å². The second-order valence-electron chi connectivity index (χ2n) is 6.44. The van der Waals surface area contributed by atoms with E-state index in [1.165, 1.54) is 0 Å². The predicted octanol–water partition coefficient (Wildman–Crippen LogP) is 2.39. The van der Waals surface area contributed by atoms with Crippen molar-refractivity contribution in [2.75, 3.05) is 39.9 Å². The summed E-state index contributed by atoms with van der Waals surface area (Å²) in [6.45, 7) is 5.92. The van der Waals surface area contributed by atoms with E-state index in [9.17, 15) is 4.79 Å². The van der Waals surface area contributed by atoms with E-state index in [0.717, 1.165) is 50.5 Å². The highest BCUT2D eigenvalue weighted by molar-refractivity contribution is 14.0. The number of hydrogen-bond donors (Lipinski definition) is 2. The maximum atomic E-state index is 11.6. The highest BCUT2D eigenvalue weighted by Crippen LogP contribution is 2.28. The minimum Gasteiger partial charge on any atom is -0.493 e. The number of likely N-dealkylation sites (tertiary alicyclic amines) is 1. The topological polar surface area (TPSA) is 75.2 Å². The Morgan fingerprint density at radius 2 is 2.17 bits per heavy atom. The molecule has 0 spiro atoms. The van der Waals surface area contributed by atoms with E-state index in [1.54, 1.807) is 7.11 Å². The normalized spacial score (nSPS) is 13.5. The first-order chi connectivity index (χ1) is 13.7. The number of methoxy groups -OCH3 is 1. The maximum Gasteiger partial charge on any atom is 0.222 e. The van der Waals surface area contributed by atoms with Crippen LogP contribution in [0, 0.1) is 12.3 Å². The Morgan fingerprint density at radius 3 is 2.83 bits per heavy atom. The van der Waals surface area contributed by atoms with Crippen LogP contribution < -0.4 is 20.1 Å². The summed E-state index contributed by atoms with van der Waals surface area (Å²) < 4.78 is 10.8. The van der Waals surface area contributed by atoms with E-state index < -0.39 is 0 Å². The van der Waals surface area contributed by atoms with Gasteiger partial charge in [-0.1, -0.05) is 12.0 Å². The van der Waals surface area contributed by atoms with Gasteiger partial charge in [-0.15, -0.1) is 30.4 Å². The zero-order valence-corrected chi connectivity index (χ0v) is 19.5. The fourth-order valence-electron chi connectivity index (χ4n) is 2.98. The molecule has 0 unspecified atom stereocenters. The molecule has 7 nitrogen and oxygen atoms in total. The highest BCUT2D eigenvalue weighted by atomic mass is 127. The molecule has 0 bridgehead atoms. The highest BCUT2D eigenvalue weighted by Gasteiger charge is 2.18. The first-order valence-corrected chi connectivity index (χ1v) is 9.71. The number of terminal acetylenes is 1. The van der Waals surface area contributed by atoms with Crippen LogP contribution in [-0.4, -0.2) is 56.7 Å². The molecular weight excluding hydrogens is 483 g/mol. The van der Waals surface area contributed by atoms with Crippen LogP contribution >= 0.6 is 24.0 Å². The summed E-state index contributed by atoms with van der Waals surface area (Å²) in [4.78, 5) is 18.2. The summed E-state index contributed by atoms with van der Waals surface area (Å²) in [7, 11) is 1.60. The number of carbonyl (C=O) groups is 1. The standard InChI is InChI=1S/C21H30N4O3.HI/c1-4-14-28-19-15-17(9-10-18(19)27-3)16-24-21(22-5-2)23-11-7-13-25-12-6-8-20(25)26;/h1,9-10,15H,5-8,11-14,16H2,2-3H3,(H2,22,23,24);1H. The minimum atomic E-state index is 0. The molecular formula is C21H31IN4O3. The Morgan fingerprint density at radius 1 is 1.34 bits per heavy atom. The number of hydrogen-bond acceptors (Lipinski definition) is 4. The van der Waals surface area contributed by atoms with Crippen LogP contribution in [-0.2, 0) is 11.3 Å². The number of nitrogens with zero attached hydrogens (tertiary/aromatic N) is 2. The Balaban J connectivity index is 0.00000420. The number of nitrogens with one attached hydrogen (secondary N) is 2. The number of guanidine groups is 1. The van der Waals surface area contributed by atoms with Crippen LogP contribution in [0.1, 0.15) is 31.7 Å². The van der Waals surface area contributed by atoms with Crippen molar-refractivity contribution < 1.29 is 14.3 Å². The van der Waals surface area contributed by atoms with Gasteiger partial charge in [-0.3, -0.25) is 4.79 Å². The Labute approximate surface area is 190 Å². The molecule has 2 N–H and O–H groups in total. The molecule has 0 atom stereocenters. The lowest BCUT2D eigenvalue weighted by atomic mass is 10.2. The molecule has 1 aliphatic heterocycles. The quantitative estimate of drug-likeness (QED) is 0.165. The molecule has 1 heterocycles. The van der Waals surface area contributed by atoms with Gasteiger partial charge in [0.2, 0.25) is 5.91 Å². The molecule has 0 aromatic heterocycles. The van der Waals surface area contributed by atoms with Crippen LogP contribution in [0.25, 0.3) is 0 Å². The summed E-state index contributed by atoms with van der Waals surface area (Å²) in [6, 6.07) is 5.69. The fourth-order valence-corrected chi connectivity index (χ4v) is 2.98. The van der Waals surface area contributed by atoms with Crippen LogP contribution in [0.2, 0.25) is 0 Å².